The van der Waals surface area contributed by atoms with Gasteiger partial charge < -0.3 is 15.3 Å². The van der Waals surface area contributed by atoms with Crippen LogP contribution in [0.1, 0.15) is 98.8 Å². The van der Waals surface area contributed by atoms with E-state index in [0.717, 1.165) is 38.0 Å². The Hall–Kier alpha value is -0.120. The molecule has 0 heterocycles. The molecule has 2 unspecified atom stereocenters. The van der Waals surface area contributed by atoms with Gasteiger partial charge in [0.1, 0.15) is 0 Å². The van der Waals surface area contributed by atoms with E-state index in [4.69, 9.17) is 0 Å². The van der Waals surface area contributed by atoms with Crippen LogP contribution in [0.25, 0.3) is 0 Å². The van der Waals surface area contributed by atoms with Crippen molar-refractivity contribution >= 4 is 0 Å². The maximum absolute atomic E-state index is 11.6. The number of aliphatic hydroxyl groups excluding tert-OH is 3. The minimum absolute atomic E-state index is 0.0449. The van der Waals surface area contributed by atoms with Gasteiger partial charge in [0.2, 0.25) is 0 Å². The summed E-state index contributed by atoms with van der Waals surface area (Å²) in [6.07, 6.45) is 10.0. The molecule has 174 valence electrons. The zero-order chi connectivity index (χ0) is 21.8. The molecule has 11 atom stereocenters. The lowest BCUT2D eigenvalue weighted by molar-refractivity contribution is -0.207. The number of hydrogen-bond acceptors (Lipinski definition) is 3. The monoisotopic (exact) mass is 420 g/mol. The van der Waals surface area contributed by atoms with Gasteiger partial charge in [-0.25, -0.2) is 0 Å². The lowest BCUT2D eigenvalue weighted by atomic mass is 9.43. The summed E-state index contributed by atoms with van der Waals surface area (Å²) in [6.45, 7) is 11.8. The highest BCUT2D eigenvalue weighted by molar-refractivity contribution is 5.14. The van der Waals surface area contributed by atoms with Crippen molar-refractivity contribution in [2.24, 2.45) is 52.3 Å². The molecule has 0 bridgehead atoms. The van der Waals surface area contributed by atoms with Crippen molar-refractivity contribution in [2.75, 3.05) is 0 Å². The third-order valence-corrected chi connectivity index (χ3v) is 11.0. The molecule has 0 amide bonds. The Balaban J connectivity index is 1.56. The van der Waals surface area contributed by atoms with Gasteiger partial charge in [-0.2, -0.15) is 0 Å². The molecule has 4 saturated carbocycles. The molecule has 0 aromatic heterocycles. The Bertz CT molecular complexity index is 605. The summed E-state index contributed by atoms with van der Waals surface area (Å²) in [4.78, 5) is 0. The van der Waals surface area contributed by atoms with E-state index in [0.29, 0.717) is 35.5 Å². The Morgan fingerprint density at radius 2 is 1.60 bits per heavy atom. The second-order valence-corrected chi connectivity index (χ2v) is 12.8. The third kappa shape index (κ3) is 3.59. The molecule has 3 N–H and O–H groups in total. The van der Waals surface area contributed by atoms with Gasteiger partial charge in [0.15, 0.2) is 0 Å². The van der Waals surface area contributed by atoms with Gasteiger partial charge in [-0.3, -0.25) is 0 Å². The van der Waals surface area contributed by atoms with Gasteiger partial charge in [-0.1, -0.05) is 53.9 Å². The average molecular weight is 421 g/mol. The zero-order valence-corrected chi connectivity index (χ0v) is 20.2. The molecule has 3 nitrogen and oxygen atoms in total. The number of hydrogen-bond donors (Lipinski definition) is 3. The highest BCUT2D eigenvalue weighted by atomic mass is 16.3. The molecule has 4 fully saturated rings. The average Bonchev–Trinajstić information content (AvgIpc) is 3.02. The standard InChI is InChI=1S/C27H48O3/c1-16(2)7-6-8-17(3)20-9-10-21-25-22(15-24(30)27(20,21)5)26(4)12-11-19(28)13-18(26)14-23(25)29/h16-25,28-30H,6-15H2,1-5H3/t17-,18-,19+,20-,21+,22+,23?,24?,25+,26+,27-/m1/s1. The van der Waals surface area contributed by atoms with Crippen LogP contribution < -0.4 is 0 Å². The second kappa shape index (κ2) is 8.34. The molecule has 0 aromatic carbocycles. The van der Waals surface area contributed by atoms with Crippen LogP contribution in [0.2, 0.25) is 0 Å². The predicted octanol–water partition coefficient (Wildman–Crippen LogP) is 5.41. The maximum Gasteiger partial charge on any atom is 0.0602 e. The largest absolute Gasteiger partial charge is 0.393 e. The first kappa shape index (κ1) is 23.1. The van der Waals surface area contributed by atoms with E-state index >= 15 is 0 Å². The lowest BCUT2D eigenvalue weighted by Gasteiger charge is -2.63. The van der Waals surface area contributed by atoms with Crippen molar-refractivity contribution in [3.63, 3.8) is 0 Å². The van der Waals surface area contributed by atoms with E-state index < -0.39 is 0 Å². The van der Waals surface area contributed by atoms with Crippen LogP contribution in [0.5, 0.6) is 0 Å². The van der Waals surface area contributed by atoms with Crippen molar-refractivity contribution < 1.29 is 15.3 Å². The van der Waals surface area contributed by atoms with Crippen molar-refractivity contribution in [3.05, 3.63) is 0 Å². The van der Waals surface area contributed by atoms with E-state index in [9.17, 15) is 15.3 Å². The Morgan fingerprint density at radius 3 is 2.30 bits per heavy atom. The SMILES string of the molecule is CC(C)CCC[C@@H](C)[C@H]1CC[C@H]2[C@@H]3C(O)C[C@H]4C[C@@H](O)CC[C@]4(C)[C@H]3CC(O)[C@]12C. The van der Waals surface area contributed by atoms with Crippen LogP contribution >= 0.6 is 0 Å². The van der Waals surface area contributed by atoms with E-state index in [1.807, 2.05) is 0 Å². The summed E-state index contributed by atoms with van der Waals surface area (Å²) in [6, 6.07) is 0. The Labute approximate surface area is 185 Å². The molecule has 4 aliphatic carbocycles. The second-order valence-electron chi connectivity index (χ2n) is 12.8. The highest BCUT2D eigenvalue weighted by Crippen LogP contribution is 2.68. The maximum atomic E-state index is 11.6. The van der Waals surface area contributed by atoms with Crippen LogP contribution in [-0.2, 0) is 0 Å². The summed E-state index contributed by atoms with van der Waals surface area (Å²) < 4.78 is 0. The molecule has 0 aliphatic heterocycles. The van der Waals surface area contributed by atoms with Crippen LogP contribution in [0.4, 0.5) is 0 Å². The van der Waals surface area contributed by atoms with Crippen LogP contribution in [0, 0.1) is 52.3 Å². The van der Waals surface area contributed by atoms with Crippen LogP contribution in [0.3, 0.4) is 0 Å². The normalized spacial score (nSPS) is 51.9. The lowest BCUT2D eigenvalue weighted by Crippen LogP contribution is -2.62. The first-order chi connectivity index (χ1) is 14.1. The molecule has 0 spiro atoms. The van der Waals surface area contributed by atoms with Gasteiger partial charge in [0.25, 0.3) is 0 Å². The summed E-state index contributed by atoms with van der Waals surface area (Å²) in [7, 11) is 0. The van der Waals surface area contributed by atoms with Crippen molar-refractivity contribution in [2.45, 2.75) is 117 Å². The molecule has 0 radical (unpaired) electrons. The molecule has 30 heavy (non-hydrogen) atoms. The van der Waals surface area contributed by atoms with E-state index in [1.54, 1.807) is 0 Å². The van der Waals surface area contributed by atoms with Gasteiger partial charge in [0, 0.05) is 0 Å². The topological polar surface area (TPSA) is 60.7 Å². The van der Waals surface area contributed by atoms with Gasteiger partial charge in [-0.05, 0) is 97.2 Å². The van der Waals surface area contributed by atoms with Gasteiger partial charge in [-0.15, -0.1) is 0 Å². The molecule has 0 saturated heterocycles. The summed E-state index contributed by atoms with van der Waals surface area (Å²) in [5, 5.41) is 33.2. The zero-order valence-electron chi connectivity index (χ0n) is 20.2. The number of aliphatic hydroxyl groups is 3. The number of fused-ring (bicyclic) bond motifs is 5. The number of rotatable bonds is 5. The van der Waals surface area contributed by atoms with E-state index in [1.165, 1.54) is 32.1 Å². The Kier molecular flexibility index (Phi) is 6.41. The molecule has 4 rings (SSSR count). The van der Waals surface area contributed by atoms with Gasteiger partial charge in [0.05, 0.1) is 18.3 Å². The summed E-state index contributed by atoms with van der Waals surface area (Å²) in [5.41, 5.74) is 0.128. The highest BCUT2D eigenvalue weighted by Gasteiger charge is 2.65. The predicted molar refractivity (Wildman–Crippen MR) is 122 cm³/mol. The van der Waals surface area contributed by atoms with E-state index in [-0.39, 0.29) is 29.1 Å². The fraction of sp³-hybridized carbons (Fsp3) is 1.00. The van der Waals surface area contributed by atoms with Crippen molar-refractivity contribution in [1.82, 2.24) is 0 Å². The minimum atomic E-state index is -0.259. The molecule has 4 aliphatic rings. The van der Waals surface area contributed by atoms with Crippen LogP contribution in [-0.4, -0.2) is 33.6 Å². The van der Waals surface area contributed by atoms with Crippen molar-refractivity contribution in [1.29, 1.82) is 0 Å². The van der Waals surface area contributed by atoms with Crippen molar-refractivity contribution in [3.8, 4) is 0 Å². The third-order valence-electron chi connectivity index (χ3n) is 11.0. The molecular formula is C27H48O3. The fourth-order valence-electron chi connectivity index (χ4n) is 9.18. The molecular weight excluding hydrogens is 372 g/mol. The van der Waals surface area contributed by atoms with Crippen LogP contribution in [0.15, 0.2) is 0 Å². The first-order valence-electron chi connectivity index (χ1n) is 13.1. The smallest absolute Gasteiger partial charge is 0.0602 e. The summed E-state index contributed by atoms with van der Waals surface area (Å²) >= 11 is 0. The minimum Gasteiger partial charge on any atom is -0.393 e. The fourth-order valence-corrected chi connectivity index (χ4v) is 9.18. The Morgan fingerprint density at radius 1 is 0.867 bits per heavy atom. The van der Waals surface area contributed by atoms with E-state index in [2.05, 4.69) is 34.6 Å². The van der Waals surface area contributed by atoms with Gasteiger partial charge >= 0.3 is 0 Å². The quantitative estimate of drug-likeness (QED) is 0.557. The molecule has 3 heteroatoms. The molecule has 0 aromatic rings. The summed E-state index contributed by atoms with van der Waals surface area (Å²) in [5.74, 6) is 3.59. The first-order valence-corrected chi connectivity index (χ1v) is 13.1.